The Bertz CT molecular complexity index is 388. The normalized spacial score (nSPS) is 9.77. The molecule has 1 aromatic rings. The van der Waals surface area contributed by atoms with E-state index < -0.39 is 5.97 Å². The molecular formula is C10H7NO2. The summed E-state index contributed by atoms with van der Waals surface area (Å²) in [5.41, 5.74) is 0.932. The molecule has 0 saturated carbocycles. The van der Waals surface area contributed by atoms with Crippen molar-refractivity contribution in [1.29, 1.82) is 5.26 Å². The second-order valence-corrected chi connectivity index (χ2v) is 2.39. The van der Waals surface area contributed by atoms with Gasteiger partial charge in [-0.1, -0.05) is 12.1 Å². The second-order valence-electron chi connectivity index (χ2n) is 2.39. The molecule has 0 unspecified atom stereocenters. The zero-order valence-electron chi connectivity index (χ0n) is 6.77. The molecule has 13 heavy (non-hydrogen) atoms. The maximum absolute atomic E-state index is 10.5. The van der Waals surface area contributed by atoms with Gasteiger partial charge in [0.05, 0.1) is 11.6 Å². The molecule has 0 aliphatic carbocycles. The van der Waals surface area contributed by atoms with E-state index in [1.165, 1.54) is 18.2 Å². The first-order valence-electron chi connectivity index (χ1n) is 3.63. The Hall–Kier alpha value is -2.08. The van der Waals surface area contributed by atoms with Crippen LogP contribution in [0, 0.1) is 11.3 Å². The maximum atomic E-state index is 10.5. The van der Waals surface area contributed by atoms with Gasteiger partial charge in [0, 0.05) is 6.08 Å². The van der Waals surface area contributed by atoms with Gasteiger partial charge >= 0.3 is 5.97 Å². The van der Waals surface area contributed by atoms with Crippen LogP contribution in [0.2, 0.25) is 0 Å². The summed E-state index contributed by atoms with van der Waals surface area (Å²) >= 11 is 0. The molecule has 3 nitrogen and oxygen atoms in total. The monoisotopic (exact) mass is 173 g/mol. The third-order valence-electron chi connectivity index (χ3n) is 1.48. The zero-order chi connectivity index (χ0) is 9.68. The minimum Gasteiger partial charge on any atom is -0.478 e. The van der Waals surface area contributed by atoms with Gasteiger partial charge in [-0.05, 0) is 23.8 Å². The summed E-state index contributed by atoms with van der Waals surface area (Å²) < 4.78 is 0. The van der Waals surface area contributed by atoms with E-state index in [0.29, 0.717) is 5.56 Å². The molecule has 64 valence electrons. The Kier molecular flexibility index (Phi) is 2.82. The standard InChI is InChI=1S/C10H7NO2/c11-6-2-4-8-3-1-5-9(7-8)10(12)13/h1-5,7H,(H,12,13). The van der Waals surface area contributed by atoms with Crippen LogP contribution in [0.4, 0.5) is 0 Å². The number of hydrogen-bond donors (Lipinski definition) is 1. The van der Waals surface area contributed by atoms with Gasteiger partial charge in [0.15, 0.2) is 0 Å². The molecule has 0 bridgehead atoms. The van der Waals surface area contributed by atoms with E-state index in [9.17, 15) is 4.79 Å². The number of benzene rings is 1. The largest absolute Gasteiger partial charge is 0.478 e. The molecule has 0 atom stereocenters. The molecule has 1 N–H and O–H groups in total. The van der Waals surface area contributed by atoms with Crippen LogP contribution < -0.4 is 0 Å². The van der Waals surface area contributed by atoms with Crippen molar-refractivity contribution in [2.24, 2.45) is 0 Å². The van der Waals surface area contributed by atoms with E-state index >= 15 is 0 Å². The molecule has 3 heteroatoms. The van der Waals surface area contributed by atoms with Crippen molar-refractivity contribution in [3.05, 3.63) is 41.5 Å². The number of allylic oxidation sites excluding steroid dienone is 1. The fourth-order valence-corrected chi connectivity index (χ4v) is 0.909. The summed E-state index contributed by atoms with van der Waals surface area (Å²) in [7, 11) is 0. The Morgan fingerprint density at radius 2 is 2.31 bits per heavy atom. The Labute approximate surface area is 75.5 Å². The number of hydrogen-bond acceptors (Lipinski definition) is 2. The summed E-state index contributed by atoms with van der Waals surface area (Å²) in [4.78, 5) is 10.5. The van der Waals surface area contributed by atoms with Gasteiger partial charge in [0.2, 0.25) is 0 Å². The summed E-state index contributed by atoms with van der Waals surface area (Å²) in [5, 5.41) is 16.9. The van der Waals surface area contributed by atoms with Gasteiger partial charge in [-0.2, -0.15) is 5.26 Å². The third kappa shape index (κ3) is 2.46. The highest BCUT2D eigenvalue weighted by Crippen LogP contribution is 2.06. The predicted molar refractivity (Wildman–Crippen MR) is 48.0 cm³/mol. The number of nitrogens with zero attached hydrogens (tertiary/aromatic N) is 1. The number of rotatable bonds is 2. The van der Waals surface area contributed by atoms with E-state index in [4.69, 9.17) is 10.4 Å². The van der Waals surface area contributed by atoms with Crippen molar-refractivity contribution in [2.45, 2.75) is 0 Å². The SMILES string of the molecule is N#CC=Cc1cccc(C(=O)O)c1. The van der Waals surface area contributed by atoms with Crippen LogP contribution in [-0.4, -0.2) is 11.1 Å². The van der Waals surface area contributed by atoms with E-state index in [2.05, 4.69) is 0 Å². The van der Waals surface area contributed by atoms with Crippen LogP contribution >= 0.6 is 0 Å². The van der Waals surface area contributed by atoms with Crippen LogP contribution in [0.5, 0.6) is 0 Å². The molecule has 0 aromatic heterocycles. The quantitative estimate of drug-likeness (QED) is 0.695. The number of nitriles is 1. The van der Waals surface area contributed by atoms with E-state index in [-0.39, 0.29) is 5.56 Å². The van der Waals surface area contributed by atoms with Crippen molar-refractivity contribution in [2.75, 3.05) is 0 Å². The van der Waals surface area contributed by atoms with Crippen molar-refractivity contribution in [3.8, 4) is 6.07 Å². The zero-order valence-corrected chi connectivity index (χ0v) is 6.77. The van der Waals surface area contributed by atoms with Crippen molar-refractivity contribution < 1.29 is 9.90 Å². The highest BCUT2D eigenvalue weighted by molar-refractivity contribution is 5.88. The van der Waals surface area contributed by atoms with Crippen LogP contribution in [0.1, 0.15) is 15.9 Å². The molecular weight excluding hydrogens is 166 g/mol. The molecule has 0 heterocycles. The third-order valence-corrected chi connectivity index (χ3v) is 1.48. The van der Waals surface area contributed by atoms with Crippen LogP contribution in [-0.2, 0) is 0 Å². The van der Waals surface area contributed by atoms with Gasteiger partial charge in [0.1, 0.15) is 0 Å². The molecule has 0 fully saturated rings. The van der Waals surface area contributed by atoms with Gasteiger partial charge in [0.25, 0.3) is 0 Å². The summed E-state index contributed by atoms with van der Waals surface area (Å²) in [6, 6.07) is 8.23. The molecule has 0 spiro atoms. The fraction of sp³-hybridized carbons (Fsp3) is 0. The number of carboxylic acids is 1. The van der Waals surface area contributed by atoms with Gasteiger partial charge in [-0.15, -0.1) is 0 Å². The molecule has 0 radical (unpaired) electrons. The summed E-state index contributed by atoms with van der Waals surface area (Å²) in [6.07, 6.45) is 2.87. The molecule has 1 rings (SSSR count). The topological polar surface area (TPSA) is 61.1 Å². The summed E-state index contributed by atoms with van der Waals surface area (Å²) in [6.45, 7) is 0. The van der Waals surface area contributed by atoms with Gasteiger partial charge in [-0.3, -0.25) is 0 Å². The van der Waals surface area contributed by atoms with E-state index in [1.54, 1.807) is 18.2 Å². The van der Waals surface area contributed by atoms with Crippen molar-refractivity contribution in [1.82, 2.24) is 0 Å². The Balaban J connectivity index is 3.00. The van der Waals surface area contributed by atoms with E-state index in [0.717, 1.165) is 0 Å². The molecule has 0 aliphatic rings. The molecule has 0 amide bonds. The first-order chi connectivity index (χ1) is 6.24. The summed E-state index contributed by atoms with van der Waals surface area (Å²) in [5.74, 6) is -0.966. The Morgan fingerprint density at radius 3 is 2.92 bits per heavy atom. The van der Waals surface area contributed by atoms with Crippen LogP contribution in [0.15, 0.2) is 30.3 Å². The highest BCUT2D eigenvalue weighted by Gasteiger charge is 2.00. The van der Waals surface area contributed by atoms with Gasteiger partial charge < -0.3 is 5.11 Å². The lowest BCUT2D eigenvalue weighted by Gasteiger charge is -1.95. The van der Waals surface area contributed by atoms with Crippen molar-refractivity contribution in [3.63, 3.8) is 0 Å². The average Bonchev–Trinajstić information content (AvgIpc) is 2.15. The number of aromatic carboxylic acids is 1. The van der Waals surface area contributed by atoms with Crippen LogP contribution in [0.25, 0.3) is 6.08 Å². The highest BCUT2D eigenvalue weighted by atomic mass is 16.4. The number of carbonyl (C=O) groups is 1. The van der Waals surface area contributed by atoms with Crippen molar-refractivity contribution >= 4 is 12.0 Å². The smallest absolute Gasteiger partial charge is 0.335 e. The average molecular weight is 173 g/mol. The maximum Gasteiger partial charge on any atom is 0.335 e. The second kappa shape index (κ2) is 4.07. The van der Waals surface area contributed by atoms with Gasteiger partial charge in [-0.25, -0.2) is 4.79 Å². The lowest BCUT2D eigenvalue weighted by Crippen LogP contribution is -1.95. The number of carboxylic acid groups (broad SMARTS) is 1. The minimum absolute atomic E-state index is 0.222. The predicted octanol–water partition coefficient (Wildman–Crippen LogP) is 1.92. The van der Waals surface area contributed by atoms with E-state index in [1.807, 2.05) is 6.07 Å². The lowest BCUT2D eigenvalue weighted by atomic mass is 10.1. The fourth-order valence-electron chi connectivity index (χ4n) is 0.909. The lowest BCUT2D eigenvalue weighted by molar-refractivity contribution is 0.0697. The molecule has 1 aromatic carbocycles. The first-order valence-corrected chi connectivity index (χ1v) is 3.63. The first kappa shape index (κ1) is 9.01. The Morgan fingerprint density at radius 1 is 1.54 bits per heavy atom. The molecule has 0 saturated heterocycles. The molecule has 0 aliphatic heterocycles. The minimum atomic E-state index is -0.966. The van der Waals surface area contributed by atoms with Crippen LogP contribution in [0.3, 0.4) is 0 Å².